The smallest absolute Gasteiger partial charge is 0.269 e. The summed E-state index contributed by atoms with van der Waals surface area (Å²) in [5.41, 5.74) is 6.00. The quantitative estimate of drug-likeness (QED) is 0.600. The molecular weight excluding hydrogens is 350 g/mol. The summed E-state index contributed by atoms with van der Waals surface area (Å²) >= 11 is 2.79. The number of carbonyl (C=O) groups is 2. The van der Waals surface area contributed by atoms with Crippen molar-refractivity contribution >= 4 is 34.9 Å². The Morgan fingerprint density at radius 1 is 1.21 bits per heavy atom. The lowest BCUT2D eigenvalue weighted by atomic mass is 10.2. The van der Waals surface area contributed by atoms with Crippen molar-refractivity contribution in [1.29, 1.82) is 0 Å². The molecular formula is C15H17N3O4S2. The summed E-state index contributed by atoms with van der Waals surface area (Å²) in [6.07, 6.45) is 0. The highest BCUT2D eigenvalue weighted by molar-refractivity contribution is 8.01. The number of ether oxygens (including phenoxy) is 2. The van der Waals surface area contributed by atoms with E-state index in [1.165, 1.54) is 43.4 Å². The van der Waals surface area contributed by atoms with Gasteiger partial charge in [0, 0.05) is 16.6 Å². The Labute approximate surface area is 147 Å². The number of methoxy groups -OCH3 is 2. The molecule has 0 unspecified atom stereocenters. The van der Waals surface area contributed by atoms with Crippen LogP contribution in [0.2, 0.25) is 0 Å². The maximum absolute atomic E-state index is 12.1. The van der Waals surface area contributed by atoms with Crippen molar-refractivity contribution in [1.82, 2.24) is 15.8 Å². The number of aryl methyl sites for hydroxylation is 1. The first-order chi connectivity index (χ1) is 11.5. The van der Waals surface area contributed by atoms with Crippen LogP contribution in [0.25, 0.3) is 0 Å². The number of hydrazine groups is 1. The number of benzene rings is 1. The van der Waals surface area contributed by atoms with Crippen LogP contribution < -0.4 is 20.3 Å². The minimum absolute atomic E-state index is 0.166. The highest BCUT2D eigenvalue weighted by Gasteiger charge is 2.12. The second-order valence-electron chi connectivity index (χ2n) is 4.62. The third kappa shape index (κ3) is 4.87. The van der Waals surface area contributed by atoms with Gasteiger partial charge in [0.05, 0.1) is 20.0 Å². The molecule has 0 aliphatic heterocycles. The van der Waals surface area contributed by atoms with Gasteiger partial charge in [-0.05, 0) is 25.1 Å². The average molecular weight is 367 g/mol. The monoisotopic (exact) mass is 367 g/mol. The number of nitrogens with one attached hydrogen (secondary N) is 2. The fraction of sp³-hybridized carbons (Fsp3) is 0.267. The van der Waals surface area contributed by atoms with Gasteiger partial charge in [-0.15, -0.1) is 11.3 Å². The van der Waals surface area contributed by atoms with Crippen LogP contribution in [0.3, 0.4) is 0 Å². The second-order valence-corrected chi connectivity index (χ2v) is 6.70. The zero-order chi connectivity index (χ0) is 17.5. The zero-order valence-corrected chi connectivity index (χ0v) is 15.0. The summed E-state index contributed by atoms with van der Waals surface area (Å²) in [5.74, 6) is 0.361. The van der Waals surface area contributed by atoms with Gasteiger partial charge in [0.1, 0.15) is 0 Å². The van der Waals surface area contributed by atoms with Gasteiger partial charge >= 0.3 is 0 Å². The standard InChI is InChI=1S/C15H17N3O4S2/c1-9-7-23-15(16-9)24-8-13(19)17-18-14(20)10-4-5-11(21-2)12(6-10)22-3/h4-7H,8H2,1-3H3,(H,17,19)(H,18,20). The van der Waals surface area contributed by atoms with Crippen LogP contribution in [-0.2, 0) is 4.79 Å². The topological polar surface area (TPSA) is 89.6 Å². The average Bonchev–Trinajstić information content (AvgIpc) is 3.02. The zero-order valence-electron chi connectivity index (χ0n) is 13.4. The Morgan fingerprint density at radius 2 is 1.96 bits per heavy atom. The summed E-state index contributed by atoms with van der Waals surface area (Å²) in [6, 6.07) is 4.74. The van der Waals surface area contributed by atoms with Crippen molar-refractivity contribution in [2.45, 2.75) is 11.3 Å². The molecule has 0 aliphatic carbocycles. The minimum atomic E-state index is -0.445. The first-order valence-corrected chi connectivity index (χ1v) is 8.76. The molecule has 1 heterocycles. The van der Waals surface area contributed by atoms with E-state index in [-0.39, 0.29) is 11.7 Å². The largest absolute Gasteiger partial charge is 0.493 e. The highest BCUT2D eigenvalue weighted by atomic mass is 32.2. The lowest BCUT2D eigenvalue weighted by molar-refractivity contribution is -0.119. The lowest BCUT2D eigenvalue weighted by Gasteiger charge is -2.10. The van der Waals surface area contributed by atoms with Gasteiger partial charge in [-0.3, -0.25) is 20.4 Å². The molecule has 2 N–H and O–H groups in total. The van der Waals surface area contributed by atoms with Crippen molar-refractivity contribution in [3.8, 4) is 11.5 Å². The maximum atomic E-state index is 12.1. The van der Waals surface area contributed by atoms with Gasteiger partial charge in [-0.25, -0.2) is 4.98 Å². The molecule has 0 saturated carbocycles. The normalized spacial score (nSPS) is 10.1. The van der Waals surface area contributed by atoms with Crippen LogP contribution in [0.1, 0.15) is 16.1 Å². The van der Waals surface area contributed by atoms with Crippen molar-refractivity contribution in [2.75, 3.05) is 20.0 Å². The molecule has 24 heavy (non-hydrogen) atoms. The SMILES string of the molecule is COc1ccc(C(=O)NNC(=O)CSc2nc(C)cs2)cc1OC. The predicted molar refractivity (Wildman–Crippen MR) is 92.7 cm³/mol. The number of aromatic nitrogens is 1. The third-order valence-electron chi connectivity index (χ3n) is 2.89. The summed E-state index contributed by atoms with van der Waals surface area (Å²) in [4.78, 5) is 28.1. The van der Waals surface area contributed by atoms with Crippen LogP contribution >= 0.6 is 23.1 Å². The lowest BCUT2D eigenvalue weighted by Crippen LogP contribution is -2.42. The number of carbonyl (C=O) groups excluding carboxylic acids is 2. The number of nitrogens with zero attached hydrogens (tertiary/aromatic N) is 1. The van der Waals surface area contributed by atoms with Crippen molar-refractivity contribution in [3.63, 3.8) is 0 Å². The van der Waals surface area contributed by atoms with E-state index in [1.807, 2.05) is 12.3 Å². The Morgan fingerprint density at radius 3 is 2.58 bits per heavy atom. The molecule has 1 aromatic carbocycles. The van der Waals surface area contributed by atoms with Gasteiger partial charge < -0.3 is 9.47 Å². The van der Waals surface area contributed by atoms with Crippen LogP contribution in [0.15, 0.2) is 27.9 Å². The third-order valence-corrected chi connectivity index (χ3v) is 5.02. The van der Waals surface area contributed by atoms with Crippen molar-refractivity contribution in [2.24, 2.45) is 0 Å². The van der Waals surface area contributed by atoms with E-state index in [2.05, 4.69) is 15.8 Å². The molecule has 128 valence electrons. The summed E-state index contributed by atoms with van der Waals surface area (Å²) in [6.45, 7) is 1.89. The fourth-order valence-corrected chi connectivity index (χ4v) is 3.39. The van der Waals surface area contributed by atoms with Crippen LogP contribution in [0, 0.1) is 6.92 Å². The molecule has 2 amide bonds. The van der Waals surface area contributed by atoms with E-state index < -0.39 is 5.91 Å². The molecule has 9 heteroatoms. The van der Waals surface area contributed by atoms with Crippen LogP contribution in [0.5, 0.6) is 11.5 Å². The van der Waals surface area contributed by atoms with Gasteiger partial charge in [0.2, 0.25) is 5.91 Å². The molecule has 1 aromatic heterocycles. The van der Waals surface area contributed by atoms with Crippen molar-refractivity contribution < 1.29 is 19.1 Å². The number of hydrogen-bond acceptors (Lipinski definition) is 7. The van der Waals surface area contributed by atoms with Gasteiger partial charge in [0.15, 0.2) is 15.8 Å². The molecule has 0 bridgehead atoms. The van der Waals surface area contributed by atoms with E-state index in [9.17, 15) is 9.59 Å². The van der Waals surface area contributed by atoms with Gasteiger partial charge in [0.25, 0.3) is 5.91 Å². The molecule has 0 radical (unpaired) electrons. The van der Waals surface area contributed by atoms with Crippen molar-refractivity contribution in [3.05, 3.63) is 34.8 Å². The second kappa shape index (κ2) is 8.55. The molecule has 0 aliphatic rings. The Hall–Kier alpha value is -2.26. The summed E-state index contributed by atoms with van der Waals surface area (Å²) in [5, 5.41) is 1.92. The van der Waals surface area contributed by atoms with Gasteiger partial charge in [-0.2, -0.15) is 0 Å². The molecule has 2 rings (SSSR count). The molecule has 0 atom stereocenters. The molecule has 0 fully saturated rings. The molecule has 0 saturated heterocycles. The predicted octanol–water partition coefficient (Wildman–Crippen LogP) is 2.02. The first-order valence-electron chi connectivity index (χ1n) is 6.89. The fourth-order valence-electron chi connectivity index (χ4n) is 1.74. The Kier molecular flexibility index (Phi) is 6.44. The molecule has 0 spiro atoms. The van der Waals surface area contributed by atoms with Crippen LogP contribution in [-0.4, -0.2) is 36.8 Å². The number of thiazole rings is 1. The van der Waals surface area contributed by atoms with E-state index in [0.29, 0.717) is 17.1 Å². The van der Waals surface area contributed by atoms with E-state index in [1.54, 1.807) is 12.1 Å². The number of hydrogen-bond donors (Lipinski definition) is 2. The minimum Gasteiger partial charge on any atom is -0.493 e. The number of amides is 2. The number of rotatable bonds is 6. The maximum Gasteiger partial charge on any atom is 0.269 e. The van der Waals surface area contributed by atoms with Crippen LogP contribution in [0.4, 0.5) is 0 Å². The Bertz CT molecular complexity index is 733. The summed E-state index contributed by atoms with van der Waals surface area (Å²) < 4.78 is 11.1. The van der Waals surface area contributed by atoms with E-state index in [4.69, 9.17) is 9.47 Å². The first kappa shape index (κ1) is 18.1. The highest BCUT2D eigenvalue weighted by Crippen LogP contribution is 2.27. The molecule has 7 nitrogen and oxygen atoms in total. The van der Waals surface area contributed by atoms with E-state index in [0.717, 1.165) is 10.0 Å². The van der Waals surface area contributed by atoms with Gasteiger partial charge in [-0.1, -0.05) is 11.8 Å². The Balaban J connectivity index is 1.84. The van der Waals surface area contributed by atoms with E-state index >= 15 is 0 Å². The number of thioether (sulfide) groups is 1. The molecule has 2 aromatic rings. The summed E-state index contributed by atoms with van der Waals surface area (Å²) in [7, 11) is 3.00.